The fourth-order valence-electron chi connectivity index (χ4n) is 1.28. The Hall–Kier alpha value is -1.20. The average molecular weight is 288 g/mol. The van der Waals surface area contributed by atoms with E-state index in [1.54, 1.807) is 18.2 Å². The SMILES string of the molecule is O=[N+]([O-])c1cnc2cccc(Br)c2c1Cl. The number of hydrogen-bond acceptors (Lipinski definition) is 3. The second-order valence-electron chi connectivity index (χ2n) is 2.85. The van der Waals surface area contributed by atoms with E-state index in [1.807, 2.05) is 0 Å². The molecule has 0 radical (unpaired) electrons. The normalized spacial score (nSPS) is 10.5. The molecule has 0 saturated carbocycles. The van der Waals surface area contributed by atoms with Crippen LogP contribution in [0.4, 0.5) is 5.69 Å². The highest BCUT2D eigenvalue weighted by Gasteiger charge is 2.17. The van der Waals surface area contributed by atoms with Crippen LogP contribution in [0.1, 0.15) is 0 Å². The van der Waals surface area contributed by atoms with Crippen molar-refractivity contribution in [3.8, 4) is 0 Å². The Morgan fingerprint density at radius 1 is 1.47 bits per heavy atom. The van der Waals surface area contributed by atoms with Crippen LogP contribution >= 0.6 is 27.5 Å². The van der Waals surface area contributed by atoms with Crippen molar-refractivity contribution in [2.24, 2.45) is 0 Å². The van der Waals surface area contributed by atoms with Crippen LogP contribution in [-0.4, -0.2) is 9.91 Å². The minimum Gasteiger partial charge on any atom is -0.258 e. The van der Waals surface area contributed by atoms with Crippen LogP contribution < -0.4 is 0 Å². The van der Waals surface area contributed by atoms with Crippen molar-refractivity contribution in [1.82, 2.24) is 4.98 Å². The highest BCUT2D eigenvalue weighted by atomic mass is 79.9. The van der Waals surface area contributed by atoms with Gasteiger partial charge in [-0.1, -0.05) is 33.6 Å². The van der Waals surface area contributed by atoms with Crippen molar-refractivity contribution in [1.29, 1.82) is 0 Å². The summed E-state index contributed by atoms with van der Waals surface area (Å²) in [5.41, 5.74) is 0.441. The summed E-state index contributed by atoms with van der Waals surface area (Å²) in [6, 6.07) is 5.30. The maximum absolute atomic E-state index is 10.6. The van der Waals surface area contributed by atoms with Crippen LogP contribution in [0.25, 0.3) is 10.9 Å². The van der Waals surface area contributed by atoms with Crippen molar-refractivity contribution in [2.45, 2.75) is 0 Å². The van der Waals surface area contributed by atoms with Gasteiger partial charge in [-0.25, -0.2) is 4.98 Å². The zero-order chi connectivity index (χ0) is 11.0. The summed E-state index contributed by atoms with van der Waals surface area (Å²) in [5.74, 6) is 0. The molecule has 6 heteroatoms. The van der Waals surface area contributed by atoms with E-state index >= 15 is 0 Å². The molecule has 15 heavy (non-hydrogen) atoms. The molecule has 76 valence electrons. The van der Waals surface area contributed by atoms with Gasteiger partial charge in [0, 0.05) is 9.86 Å². The molecule has 0 saturated heterocycles. The van der Waals surface area contributed by atoms with E-state index in [0.29, 0.717) is 15.4 Å². The highest BCUT2D eigenvalue weighted by Crippen LogP contribution is 2.35. The number of hydrogen-bond donors (Lipinski definition) is 0. The minimum absolute atomic E-state index is 0.109. The van der Waals surface area contributed by atoms with Gasteiger partial charge in [-0.05, 0) is 12.1 Å². The van der Waals surface area contributed by atoms with E-state index in [0.717, 1.165) is 6.20 Å². The van der Waals surface area contributed by atoms with Crippen molar-refractivity contribution in [3.63, 3.8) is 0 Å². The number of fused-ring (bicyclic) bond motifs is 1. The van der Waals surface area contributed by atoms with Crippen LogP contribution in [0.15, 0.2) is 28.9 Å². The molecule has 1 heterocycles. The molecule has 0 aliphatic heterocycles. The summed E-state index contributed by atoms with van der Waals surface area (Å²) in [4.78, 5) is 14.1. The molecule has 0 aliphatic carbocycles. The second kappa shape index (κ2) is 3.75. The Labute approximate surface area is 98.2 Å². The van der Waals surface area contributed by atoms with Gasteiger partial charge >= 0.3 is 5.69 Å². The standard InChI is InChI=1S/C9H4BrClN2O2/c10-5-2-1-3-6-8(5)9(11)7(4-12-6)13(14)15/h1-4H. The summed E-state index contributed by atoms with van der Waals surface area (Å²) in [5, 5.41) is 11.3. The Balaban J connectivity index is 2.89. The summed E-state index contributed by atoms with van der Waals surface area (Å²) >= 11 is 9.21. The molecular weight excluding hydrogens is 283 g/mol. The summed E-state index contributed by atoms with van der Waals surface area (Å²) in [6.07, 6.45) is 1.16. The van der Waals surface area contributed by atoms with Crippen LogP contribution in [0.5, 0.6) is 0 Å². The highest BCUT2D eigenvalue weighted by molar-refractivity contribution is 9.10. The molecular formula is C9H4BrClN2O2. The first-order valence-corrected chi connectivity index (χ1v) is 5.15. The van der Waals surface area contributed by atoms with Gasteiger partial charge < -0.3 is 0 Å². The first kappa shape index (κ1) is 10.3. The van der Waals surface area contributed by atoms with Crippen molar-refractivity contribution in [3.05, 3.63) is 44.0 Å². The van der Waals surface area contributed by atoms with E-state index in [-0.39, 0.29) is 10.7 Å². The maximum Gasteiger partial charge on any atom is 0.306 e. The molecule has 1 aromatic carbocycles. The Morgan fingerprint density at radius 3 is 2.87 bits per heavy atom. The van der Waals surface area contributed by atoms with Gasteiger partial charge in [0.15, 0.2) is 0 Å². The smallest absolute Gasteiger partial charge is 0.258 e. The van der Waals surface area contributed by atoms with E-state index in [4.69, 9.17) is 11.6 Å². The summed E-state index contributed by atoms with van der Waals surface area (Å²) < 4.78 is 0.696. The van der Waals surface area contributed by atoms with E-state index in [9.17, 15) is 10.1 Å². The number of pyridine rings is 1. The van der Waals surface area contributed by atoms with Crippen LogP contribution in [-0.2, 0) is 0 Å². The fraction of sp³-hybridized carbons (Fsp3) is 0. The first-order valence-electron chi connectivity index (χ1n) is 3.98. The number of nitrogens with zero attached hydrogens (tertiary/aromatic N) is 2. The molecule has 0 aliphatic rings. The summed E-state index contributed by atoms with van der Waals surface area (Å²) in [7, 11) is 0. The summed E-state index contributed by atoms with van der Waals surface area (Å²) in [6.45, 7) is 0. The van der Waals surface area contributed by atoms with Crippen LogP contribution in [0.3, 0.4) is 0 Å². The Bertz CT molecular complexity index is 559. The predicted molar refractivity (Wildman–Crippen MR) is 61.1 cm³/mol. The molecule has 0 N–H and O–H groups in total. The lowest BCUT2D eigenvalue weighted by atomic mass is 10.2. The topological polar surface area (TPSA) is 56.0 Å². The van der Waals surface area contributed by atoms with Gasteiger partial charge in [-0.15, -0.1) is 0 Å². The van der Waals surface area contributed by atoms with Crippen LogP contribution in [0.2, 0.25) is 5.02 Å². The molecule has 0 atom stereocenters. The average Bonchev–Trinajstić information content (AvgIpc) is 2.17. The molecule has 2 aromatic rings. The Morgan fingerprint density at radius 2 is 2.20 bits per heavy atom. The second-order valence-corrected chi connectivity index (χ2v) is 4.08. The van der Waals surface area contributed by atoms with Crippen molar-refractivity contribution < 1.29 is 4.92 Å². The van der Waals surface area contributed by atoms with Gasteiger partial charge in [0.1, 0.15) is 11.2 Å². The lowest BCUT2D eigenvalue weighted by molar-refractivity contribution is -0.384. The van der Waals surface area contributed by atoms with Gasteiger partial charge in [0.25, 0.3) is 0 Å². The third kappa shape index (κ3) is 1.68. The first-order chi connectivity index (χ1) is 7.11. The number of aromatic nitrogens is 1. The zero-order valence-electron chi connectivity index (χ0n) is 7.28. The minimum atomic E-state index is -0.547. The van der Waals surface area contributed by atoms with E-state index < -0.39 is 4.92 Å². The molecule has 2 rings (SSSR count). The zero-order valence-corrected chi connectivity index (χ0v) is 9.62. The van der Waals surface area contributed by atoms with Gasteiger partial charge in [0.2, 0.25) is 0 Å². The number of benzene rings is 1. The van der Waals surface area contributed by atoms with Gasteiger partial charge in [-0.3, -0.25) is 10.1 Å². The fourth-order valence-corrected chi connectivity index (χ4v) is 2.26. The van der Waals surface area contributed by atoms with Crippen molar-refractivity contribution >= 4 is 44.1 Å². The molecule has 4 nitrogen and oxygen atoms in total. The molecule has 0 amide bonds. The Kier molecular flexibility index (Phi) is 2.58. The van der Waals surface area contributed by atoms with Gasteiger partial charge in [-0.2, -0.15) is 0 Å². The van der Waals surface area contributed by atoms with Crippen molar-refractivity contribution in [2.75, 3.05) is 0 Å². The lowest BCUT2D eigenvalue weighted by Crippen LogP contribution is -1.92. The number of halogens is 2. The van der Waals surface area contributed by atoms with E-state index in [2.05, 4.69) is 20.9 Å². The molecule has 1 aromatic heterocycles. The molecule has 0 spiro atoms. The molecule has 0 unspecified atom stereocenters. The maximum atomic E-state index is 10.6. The monoisotopic (exact) mass is 286 g/mol. The van der Waals surface area contributed by atoms with E-state index in [1.165, 1.54) is 0 Å². The van der Waals surface area contributed by atoms with Crippen LogP contribution in [0, 0.1) is 10.1 Å². The predicted octanol–water partition coefficient (Wildman–Crippen LogP) is 3.56. The lowest BCUT2D eigenvalue weighted by Gasteiger charge is -2.02. The largest absolute Gasteiger partial charge is 0.306 e. The van der Waals surface area contributed by atoms with Gasteiger partial charge in [0.05, 0.1) is 10.4 Å². The number of rotatable bonds is 1. The quantitative estimate of drug-likeness (QED) is 0.595. The third-order valence-electron chi connectivity index (χ3n) is 1.96. The third-order valence-corrected chi connectivity index (χ3v) is 3.00. The molecule has 0 bridgehead atoms. The number of nitro groups is 1. The molecule has 0 fully saturated rings.